The van der Waals surface area contributed by atoms with E-state index in [-0.39, 0.29) is 18.6 Å². The first kappa shape index (κ1) is 37.8. The van der Waals surface area contributed by atoms with Crippen molar-refractivity contribution >= 4 is 28.3 Å². The Balaban J connectivity index is 1.74. The lowest BCUT2D eigenvalue weighted by Gasteiger charge is -2.23. The van der Waals surface area contributed by atoms with Crippen molar-refractivity contribution < 1.29 is 45.8 Å². The van der Waals surface area contributed by atoms with E-state index in [1.807, 2.05) is 5.32 Å². The van der Waals surface area contributed by atoms with Crippen LogP contribution < -0.4 is 20.9 Å². The van der Waals surface area contributed by atoms with E-state index >= 15 is 8.78 Å². The van der Waals surface area contributed by atoms with Gasteiger partial charge in [-0.1, -0.05) is 43.3 Å². The molecule has 9 nitrogen and oxygen atoms in total. The summed E-state index contributed by atoms with van der Waals surface area (Å²) in [5.74, 6) is -4.78. The second kappa shape index (κ2) is 15.7. The highest BCUT2D eigenvalue weighted by Gasteiger charge is 2.38. The fraction of sp³-hybridized carbons (Fsp3) is 0.361. The van der Waals surface area contributed by atoms with Gasteiger partial charge in [-0.2, -0.15) is 13.2 Å². The lowest BCUT2D eigenvalue weighted by atomic mass is 9.92. The highest BCUT2D eigenvalue weighted by atomic mass is 19.4. The number of fused-ring (bicyclic) bond motifs is 1. The van der Waals surface area contributed by atoms with E-state index in [4.69, 9.17) is 14.2 Å². The number of nitrogens with one attached hydrogen (secondary N) is 2. The maximum absolute atomic E-state index is 15.2. The van der Waals surface area contributed by atoms with Gasteiger partial charge in [0.15, 0.2) is 0 Å². The lowest BCUT2D eigenvalue weighted by molar-refractivity contribution is -0.152. The molecule has 4 rings (SSSR count). The van der Waals surface area contributed by atoms with Gasteiger partial charge in [0.1, 0.15) is 41.1 Å². The second-order valence-electron chi connectivity index (χ2n) is 11.8. The third-order valence-electron chi connectivity index (χ3n) is 8.28. The largest absolute Gasteiger partial charge is 0.496 e. The van der Waals surface area contributed by atoms with E-state index in [1.54, 1.807) is 63.4 Å². The zero-order valence-electron chi connectivity index (χ0n) is 28.3. The number of hydrogen-bond acceptors (Lipinski definition) is 7. The van der Waals surface area contributed by atoms with E-state index in [0.717, 1.165) is 0 Å². The summed E-state index contributed by atoms with van der Waals surface area (Å²) in [4.78, 5) is 40.2. The second-order valence-corrected chi connectivity index (χ2v) is 11.8. The summed E-state index contributed by atoms with van der Waals surface area (Å²) in [5.41, 5.74) is 0.151. The van der Waals surface area contributed by atoms with Crippen LogP contribution in [0.25, 0.3) is 21.9 Å². The number of amides is 1. The number of aromatic nitrogens is 1. The highest BCUT2D eigenvalue weighted by Crippen LogP contribution is 2.35. The van der Waals surface area contributed by atoms with Gasteiger partial charge in [0.2, 0.25) is 0 Å². The maximum atomic E-state index is 15.2. The monoisotopic (exact) mass is 703 g/mol. The predicted octanol–water partition coefficient (Wildman–Crippen LogP) is 6.47. The minimum absolute atomic E-state index is 0.0196. The van der Waals surface area contributed by atoms with Gasteiger partial charge in [-0.25, -0.2) is 13.6 Å². The molecular weight excluding hydrogens is 665 g/mol. The van der Waals surface area contributed by atoms with Crippen molar-refractivity contribution in [3.8, 4) is 16.9 Å². The molecule has 2 N–H and O–H groups in total. The normalized spacial score (nSPS) is 13.4. The zero-order chi connectivity index (χ0) is 36.9. The smallest absolute Gasteiger partial charge is 0.408 e. The van der Waals surface area contributed by atoms with Gasteiger partial charge in [-0.05, 0) is 54.3 Å². The molecular formula is C36H38F5N3O6. The molecule has 4 aromatic rings. The number of aryl methyl sites for hydroxylation is 1. The Morgan fingerprint density at radius 1 is 0.980 bits per heavy atom. The molecule has 1 amide bonds. The molecule has 0 radical (unpaired) electrons. The van der Waals surface area contributed by atoms with Crippen molar-refractivity contribution in [1.29, 1.82) is 0 Å². The SMILES string of the molecule is CC[C@@H](Nc1cc(F)c(C(=O)N[C@@H](Cc2ccc(-c3c(OC)cc(C)n(C)c3=O)c3ccccc23)C(=O)O[C@H](C)COC)c(F)c1)C(F)(F)F. The number of carbonyl (C=O) groups is 2. The fourth-order valence-electron chi connectivity index (χ4n) is 5.64. The Labute approximate surface area is 285 Å². The Hall–Kier alpha value is -4.98. The van der Waals surface area contributed by atoms with Crippen LogP contribution in [0, 0.1) is 18.6 Å². The molecule has 0 unspecified atom stereocenters. The summed E-state index contributed by atoms with van der Waals surface area (Å²) in [6.45, 7) is 4.60. The quantitative estimate of drug-likeness (QED) is 0.121. The molecule has 0 fully saturated rings. The van der Waals surface area contributed by atoms with Crippen molar-refractivity contribution in [1.82, 2.24) is 9.88 Å². The topological polar surface area (TPSA) is 108 Å². The number of nitrogens with zero attached hydrogens (tertiary/aromatic N) is 1. The molecule has 1 heterocycles. The van der Waals surface area contributed by atoms with Gasteiger partial charge in [-0.15, -0.1) is 0 Å². The number of hydrogen-bond donors (Lipinski definition) is 2. The van der Waals surface area contributed by atoms with Gasteiger partial charge in [-0.3, -0.25) is 9.59 Å². The number of alkyl halides is 3. The van der Waals surface area contributed by atoms with Crippen molar-refractivity contribution in [2.24, 2.45) is 7.05 Å². The van der Waals surface area contributed by atoms with E-state index < -0.39 is 65.5 Å². The standard InChI is InChI=1S/C36H38F5N3O6/c1-7-30(36(39,40)41)42-22-16-26(37)32(27(38)17-22)33(45)43-28(35(47)50-20(3)18-48-5)15-21-12-13-25(24-11-9-8-10-23(21)24)31-29(49-6)14-19(2)44(4)34(31)46/h8-14,16-17,20,28,30,42H,7,15,18H2,1-6H3,(H,43,45)/t20-,28+,30-/m1/s1. The van der Waals surface area contributed by atoms with Gasteiger partial charge in [0.05, 0.1) is 19.3 Å². The molecule has 3 atom stereocenters. The molecule has 0 saturated heterocycles. The maximum Gasteiger partial charge on any atom is 0.408 e. The van der Waals surface area contributed by atoms with E-state index in [0.29, 0.717) is 51.0 Å². The molecule has 0 aliphatic carbocycles. The number of ether oxygens (including phenoxy) is 3. The molecule has 0 aliphatic rings. The van der Waals surface area contributed by atoms with Crippen LogP contribution in [0.2, 0.25) is 0 Å². The molecule has 50 heavy (non-hydrogen) atoms. The average molecular weight is 704 g/mol. The minimum Gasteiger partial charge on any atom is -0.496 e. The summed E-state index contributed by atoms with van der Waals surface area (Å²) in [5, 5.41) is 5.62. The van der Waals surface area contributed by atoms with Crippen LogP contribution in [0.1, 0.15) is 41.9 Å². The van der Waals surface area contributed by atoms with Gasteiger partial charge in [0.25, 0.3) is 11.5 Å². The van der Waals surface area contributed by atoms with Crippen molar-refractivity contribution in [2.75, 3.05) is 26.1 Å². The number of pyridine rings is 1. The zero-order valence-corrected chi connectivity index (χ0v) is 28.3. The number of methoxy groups -OCH3 is 2. The number of carbonyl (C=O) groups excluding carboxylic acids is 2. The fourth-order valence-corrected chi connectivity index (χ4v) is 5.64. The minimum atomic E-state index is -4.69. The Bertz CT molecular complexity index is 1920. The van der Waals surface area contributed by atoms with E-state index in [9.17, 15) is 27.6 Å². The lowest BCUT2D eigenvalue weighted by Crippen LogP contribution is -2.45. The van der Waals surface area contributed by atoms with Crippen LogP contribution in [-0.4, -0.2) is 61.6 Å². The third-order valence-corrected chi connectivity index (χ3v) is 8.28. The molecule has 0 spiro atoms. The van der Waals surface area contributed by atoms with Crippen molar-refractivity contribution in [3.63, 3.8) is 0 Å². The summed E-state index contributed by atoms with van der Waals surface area (Å²) >= 11 is 0. The van der Waals surface area contributed by atoms with Crippen LogP contribution in [0.5, 0.6) is 5.75 Å². The van der Waals surface area contributed by atoms with Crippen LogP contribution in [0.3, 0.4) is 0 Å². The van der Waals surface area contributed by atoms with Crippen molar-refractivity contribution in [2.45, 2.75) is 58.0 Å². The number of esters is 1. The average Bonchev–Trinajstić information content (AvgIpc) is 3.05. The molecule has 1 aromatic heterocycles. The summed E-state index contributed by atoms with van der Waals surface area (Å²) < 4.78 is 87.6. The number of benzene rings is 3. The Kier molecular flexibility index (Phi) is 11.9. The molecule has 0 saturated carbocycles. The molecule has 3 aromatic carbocycles. The summed E-state index contributed by atoms with van der Waals surface area (Å²) in [6, 6.07) is 9.72. The van der Waals surface area contributed by atoms with Gasteiger partial charge >= 0.3 is 12.1 Å². The summed E-state index contributed by atoms with van der Waals surface area (Å²) in [6.07, 6.45) is -6.06. The molecule has 14 heteroatoms. The number of anilines is 1. The molecule has 0 bridgehead atoms. The van der Waals surface area contributed by atoms with Crippen LogP contribution in [0.4, 0.5) is 27.6 Å². The Morgan fingerprint density at radius 2 is 1.62 bits per heavy atom. The van der Waals surface area contributed by atoms with E-state index in [2.05, 4.69) is 5.32 Å². The van der Waals surface area contributed by atoms with Gasteiger partial charge in [0, 0.05) is 38.0 Å². The highest BCUT2D eigenvalue weighted by molar-refractivity contribution is 6.01. The third kappa shape index (κ3) is 8.24. The first-order chi connectivity index (χ1) is 23.6. The first-order valence-corrected chi connectivity index (χ1v) is 15.7. The Morgan fingerprint density at radius 3 is 2.20 bits per heavy atom. The van der Waals surface area contributed by atoms with Crippen LogP contribution in [-0.2, 0) is 27.7 Å². The predicted molar refractivity (Wildman–Crippen MR) is 178 cm³/mol. The molecule has 0 aliphatic heterocycles. The van der Waals surface area contributed by atoms with Crippen molar-refractivity contribution in [3.05, 3.63) is 93.4 Å². The first-order valence-electron chi connectivity index (χ1n) is 15.7. The molecule has 268 valence electrons. The number of halogens is 5. The summed E-state index contributed by atoms with van der Waals surface area (Å²) in [7, 11) is 4.49. The van der Waals surface area contributed by atoms with E-state index in [1.165, 1.54) is 25.7 Å². The van der Waals surface area contributed by atoms with Gasteiger partial charge < -0.3 is 29.4 Å². The van der Waals surface area contributed by atoms with Crippen LogP contribution >= 0.6 is 0 Å². The number of rotatable bonds is 13. The van der Waals surface area contributed by atoms with Crippen LogP contribution in [0.15, 0.2) is 59.4 Å².